The number of aliphatic hydroxyl groups excluding tert-OH is 1. The molecule has 2 heterocycles. The van der Waals surface area contributed by atoms with Crippen LogP contribution in [0.25, 0.3) is 0 Å². The molecule has 0 radical (unpaired) electrons. The first-order chi connectivity index (χ1) is 14.1. The van der Waals surface area contributed by atoms with Crippen LogP contribution >= 0.6 is 0 Å². The van der Waals surface area contributed by atoms with E-state index in [2.05, 4.69) is 15.6 Å². The van der Waals surface area contributed by atoms with E-state index < -0.39 is 61.0 Å². The molecule has 13 heteroatoms. The Balaban J connectivity index is 2.50. The third-order valence-corrected chi connectivity index (χ3v) is 4.07. The molecule has 5 atom stereocenters. The van der Waals surface area contributed by atoms with Crippen molar-refractivity contribution in [2.75, 3.05) is 6.61 Å². The second-order valence-corrected chi connectivity index (χ2v) is 6.59. The molecule has 1 aliphatic rings. The van der Waals surface area contributed by atoms with E-state index in [4.69, 9.17) is 18.9 Å². The Morgan fingerprint density at radius 2 is 1.73 bits per heavy atom. The fourth-order valence-electron chi connectivity index (χ4n) is 3.04. The summed E-state index contributed by atoms with van der Waals surface area (Å²) >= 11 is 0. The van der Waals surface area contributed by atoms with Gasteiger partial charge in [0.25, 0.3) is 0 Å². The number of esters is 3. The molecule has 1 aromatic rings. The lowest BCUT2D eigenvalue weighted by Gasteiger charge is -2.45. The van der Waals surface area contributed by atoms with E-state index in [9.17, 15) is 24.3 Å². The Bertz CT molecular complexity index is 796. The number of carbonyl (C=O) groups excluding carboxylic acids is 4. The van der Waals surface area contributed by atoms with Crippen molar-refractivity contribution in [3.8, 4) is 0 Å². The number of rotatable bonds is 7. The van der Waals surface area contributed by atoms with E-state index in [-0.39, 0.29) is 12.3 Å². The van der Waals surface area contributed by atoms with Crippen LogP contribution in [0.2, 0.25) is 0 Å². The van der Waals surface area contributed by atoms with Gasteiger partial charge in [-0.3, -0.25) is 19.2 Å². The Kier molecular flexibility index (Phi) is 7.83. The number of aromatic nitrogens is 3. The van der Waals surface area contributed by atoms with Crippen LogP contribution in [0.5, 0.6) is 0 Å². The van der Waals surface area contributed by atoms with E-state index in [0.717, 1.165) is 13.8 Å². The van der Waals surface area contributed by atoms with Crippen LogP contribution in [0.3, 0.4) is 0 Å². The summed E-state index contributed by atoms with van der Waals surface area (Å²) < 4.78 is 22.8. The second-order valence-electron chi connectivity index (χ2n) is 6.59. The molecule has 1 fully saturated rings. The largest absolute Gasteiger partial charge is 0.463 e. The topological polar surface area (TPSA) is 168 Å². The summed E-state index contributed by atoms with van der Waals surface area (Å²) in [5.41, 5.74) is 0.225. The summed E-state index contributed by atoms with van der Waals surface area (Å²) in [5, 5.41) is 19.5. The van der Waals surface area contributed by atoms with Gasteiger partial charge in [0.2, 0.25) is 5.91 Å². The summed E-state index contributed by atoms with van der Waals surface area (Å²) in [6.07, 6.45) is -3.16. The van der Waals surface area contributed by atoms with Crippen molar-refractivity contribution in [1.82, 2.24) is 20.3 Å². The van der Waals surface area contributed by atoms with Crippen LogP contribution in [0, 0.1) is 0 Å². The number of hydrogen-bond acceptors (Lipinski definition) is 11. The molecule has 1 saturated heterocycles. The van der Waals surface area contributed by atoms with Gasteiger partial charge >= 0.3 is 17.9 Å². The van der Waals surface area contributed by atoms with Crippen molar-refractivity contribution < 1.29 is 43.2 Å². The first-order valence-electron chi connectivity index (χ1n) is 9.04. The molecule has 0 aliphatic carbocycles. The van der Waals surface area contributed by atoms with Crippen molar-refractivity contribution in [1.29, 1.82) is 0 Å². The standard InChI is InChI=1S/C17H24N4O9/c1-8(23)18-14-16(29-11(4)26)15(28-10(3)25)13(7-27-9(2)24)30-17(14)21-5-12(6-22)19-20-21/h5,13-17,22H,6-7H2,1-4H3,(H,18,23)/t13-,14-,15-,16-,17-/m1/s1. The van der Waals surface area contributed by atoms with E-state index in [1.165, 1.54) is 24.7 Å². The molecule has 1 amide bonds. The van der Waals surface area contributed by atoms with Gasteiger partial charge in [0, 0.05) is 27.7 Å². The highest BCUT2D eigenvalue weighted by Gasteiger charge is 2.51. The molecule has 1 aromatic heterocycles. The molecule has 2 N–H and O–H groups in total. The fourth-order valence-corrected chi connectivity index (χ4v) is 3.04. The van der Waals surface area contributed by atoms with E-state index >= 15 is 0 Å². The molecule has 0 bridgehead atoms. The molecule has 1 aliphatic heterocycles. The van der Waals surface area contributed by atoms with E-state index in [0.29, 0.717) is 0 Å². The highest BCUT2D eigenvalue weighted by Crippen LogP contribution is 2.32. The van der Waals surface area contributed by atoms with Crippen LogP contribution in [-0.2, 0) is 44.7 Å². The minimum Gasteiger partial charge on any atom is -0.463 e. The fraction of sp³-hybridized carbons (Fsp3) is 0.647. The lowest BCUT2D eigenvalue weighted by molar-refractivity contribution is -0.239. The zero-order valence-electron chi connectivity index (χ0n) is 16.9. The Morgan fingerprint density at radius 1 is 1.10 bits per heavy atom. The Morgan fingerprint density at radius 3 is 2.23 bits per heavy atom. The minimum atomic E-state index is -1.20. The summed E-state index contributed by atoms with van der Waals surface area (Å²) in [4.78, 5) is 46.6. The molecule has 0 spiro atoms. The molecule has 0 aromatic carbocycles. The zero-order chi connectivity index (χ0) is 22.4. The third-order valence-electron chi connectivity index (χ3n) is 4.07. The maximum atomic E-state index is 11.8. The van der Waals surface area contributed by atoms with Gasteiger partial charge < -0.3 is 29.4 Å². The van der Waals surface area contributed by atoms with Crippen molar-refractivity contribution >= 4 is 23.8 Å². The molecule has 13 nitrogen and oxygen atoms in total. The monoisotopic (exact) mass is 428 g/mol. The molecule has 30 heavy (non-hydrogen) atoms. The van der Waals surface area contributed by atoms with Gasteiger partial charge in [-0.1, -0.05) is 5.21 Å². The summed E-state index contributed by atoms with van der Waals surface area (Å²) in [6.45, 7) is 4.02. The van der Waals surface area contributed by atoms with Crippen molar-refractivity contribution in [3.05, 3.63) is 11.9 Å². The maximum Gasteiger partial charge on any atom is 0.303 e. The van der Waals surface area contributed by atoms with Gasteiger partial charge in [0.15, 0.2) is 18.4 Å². The predicted octanol–water partition coefficient (Wildman–Crippen LogP) is -1.40. The number of ether oxygens (including phenoxy) is 4. The van der Waals surface area contributed by atoms with Crippen LogP contribution in [0.4, 0.5) is 0 Å². The summed E-state index contributed by atoms with van der Waals surface area (Å²) in [5.74, 6) is -2.48. The number of aliphatic hydroxyl groups is 1. The molecule has 0 saturated carbocycles. The third kappa shape index (κ3) is 5.97. The van der Waals surface area contributed by atoms with Gasteiger partial charge in [-0.25, -0.2) is 4.68 Å². The van der Waals surface area contributed by atoms with Crippen LogP contribution in [0.15, 0.2) is 6.20 Å². The molecular formula is C17H24N4O9. The lowest BCUT2D eigenvalue weighted by atomic mass is 9.95. The van der Waals surface area contributed by atoms with Crippen LogP contribution in [0.1, 0.15) is 39.6 Å². The maximum absolute atomic E-state index is 11.8. The highest BCUT2D eigenvalue weighted by molar-refractivity contribution is 5.73. The minimum absolute atomic E-state index is 0.225. The second kappa shape index (κ2) is 10.1. The average molecular weight is 428 g/mol. The molecule has 2 rings (SSSR count). The first-order valence-corrected chi connectivity index (χ1v) is 9.04. The summed E-state index contributed by atoms with van der Waals surface area (Å²) in [7, 11) is 0. The van der Waals surface area contributed by atoms with Gasteiger partial charge in [0.05, 0.1) is 12.8 Å². The van der Waals surface area contributed by atoms with Gasteiger partial charge in [0.1, 0.15) is 24.4 Å². The lowest BCUT2D eigenvalue weighted by Crippen LogP contribution is -2.64. The summed E-state index contributed by atoms with van der Waals surface area (Å²) in [6, 6.07) is -1.04. The van der Waals surface area contributed by atoms with E-state index in [1.54, 1.807) is 0 Å². The number of nitrogens with one attached hydrogen (secondary N) is 1. The SMILES string of the molecule is CC(=O)N[C@@H]1[C@@H](OC(C)=O)[C@H](OC(C)=O)[C@@H](COC(C)=O)O[C@H]1n1cc(CO)nn1. The van der Waals surface area contributed by atoms with Gasteiger partial charge in [-0.05, 0) is 0 Å². The predicted molar refractivity (Wildman–Crippen MR) is 95.2 cm³/mol. The van der Waals surface area contributed by atoms with Crippen molar-refractivity contribution in [2.24, 2.45) is 0 Å². The van der Waals surface area contributed by atoms with Gasteiger partial charge in [-0.2, -0.15) is 0 Å². The first kappa shape index (κ1) is 23.2. The number of nitrogens with zero attached hydrogens (tertiary/aromatic N) is 3. The normalized spacial score (nSPS) is 25.8. The number of hydrogen-bond donors (Lipinski definition) is 2. The highest BCUT2D eigenvalue weighted by atomic mass is 16.6. The smallest absolute Gasteiger partial charge is 0.303 e. The molecule has 166 valence electrons. The molecular weight excluding hydrogens is 404 g/mol. The number of carbonyl (C=O) groups is 4. The number of amides is 1. The average Bonchev–Trinajstić information content (AvgIpc) is 3.11. The Hall–Kier alpha value is -3.06. The quantitative estimate of drug-likeness (QED) is 0.387. The van der Waals surface area contributed by atoms with Crippen LogP contribution < -0.4 is 5.32 Å². The van der Waals surface area contributed by atoms with Gasteiger partial charge in [-0.15, -0.1) is 5.10 Å². The van der Waals surface area contributed by atoms with Crippen LogP contribution in [-0.4, -0.2) is 74.9 Å². The van der Waals surface area contributed by atoms with Crippen molar-refractivity contribution in [3.63, 3.8) is 0 Å². The van der Waals surface area contributed by atoms with E-state index in [1.807, 2.05) is 0 Å². The zero-order valence-corrected chi connectivity index (χ0v) is 16.9. The van der Waals surface area contributed by atoms with Crippen molar-refractivity contribution in [2.45, 2.75) is 64.9 Å². The molecule has 0 unspecified atom stereocenters. The Labute approximate surface area is 171 Å².